The van der Waals surface area contributed by atoms with E-state index in [-0.39, 0.29) is 18.5 Å². The summed E-state index contributed by atoms with van der Waals surface area (Å²) in [5, 5.41) is 16.2. The molecule has 1 aliphatic rings. The smallest absolute Gasteiger partial charge is 0.0905 e. The minimum Gasteiger partial charge on any atom is -0.395 e. The van der Waals surface area contributed by atoms with Gasteiger partial charge in [-0.05, 0) is 19.4 Å². The van der Waals surface area contributed by atoms with Crippen molar-refractivity contribution in [3.63, 3.8) is 0 Å². The van der Waals surface area contributed by atoms with Crippen LogP contribution in [0.25, 0.3) is 0 Å². The lowest BCUT2D eigenvalue weighted by Crippen LogP contribution is -2.47. The predicted molar refractivity (Wildman–Crippen MR) is 59.0 cm³/mol. The zero-order valence-corrected chi connectivity index (χ0v) is 9.11. The number of hydrogen-bond acceptors (Lipinski definition) is 4. The number of nitrogens with zero attached hydrogens (tertiary/aromatic N) is 1. The molecule has 0 radical (unpaired) electrons. The summed E-state index contributed by atoms with van der Waals surface area (Å²) in [5.41, 5.74) is 5.27. The molecule has 0 aromatic rings. The second kappa shape index (κ2) is 6.76. The summed E-state index contributed by atoms with van der Waals surface area (Å²) >= 11 is 0. The SMILES string of the molecule is N=C(N)CCCCN1CCOCC1CO. The van der Waals surface area contributed by atoms with E-state index in [1.807, 2.05) is 0 Å². The number of aliphatic hydroxyl groups excluding tert-OH is 1. The number of hydrogen-bond donors (Lipinski definition) is 3. The molecular weight excluding hydrogens is 194 g/mol. The van der Waals surface area contributed by atoms with E-state index in [0.717, 1.165) is 32.5 Å². The van der Waals surface area contributed by atoms with Crippen molar-refractivity contribution in [1.29, 1.82) is 5.41 Å². The van der Waals surface area contributed by atoms with E-state index in [1.54, 1.807) is 0 Å². The first-order valence-electron chi connectivity index (χ1n) is 5.49. The van der Waals surface area contributed by atoms with Crippen LogP contribution in [0.4, 0.5) is 0 Å². The van der Waals surface area contributed by atoms with Crippen molar-refractivity contribution in [1.82, 2.24) is 4.90 Å². The van der Waals surface area contributed by atoms with Crippen molar-refractivity contribution in [3.8, 4) is 0 Å². The van der Waals surface area contributed by atoms with Gasteiger partial charge in [0.25, 0.3) is 0 Å². The van der Waals surface area contributed by atoms with Gasteiger partial charge in [0, 0.05) is 13.0 Å². The van der Waals surface area contributed by atoms with Gasteiger partial charge >= 0.3 is 0 Å². The highest BCUT2D eigenvalue weighted by atomic mass is 16.5. The van der Waals surface area contributed by atoms with Gasteiger partial charge in [0.05, 0.1) is 31.7 Å². The Morgan fingerprint density at radius 3 is 3.00 bits per heavy atom. The molecule has 0 saturated carbocycles. The van der Waals surface area contributed by atoms with Crippen molar-refractivity contribution in [2.24, 2.45) is 5.73 Å². The first-order chi connectivity index (χ1) is 7.24. The van der Waals surface area contributed by atoms with Gasteiger partial charge in [0.15, 0.2) is 0 Å². The fourth-order valence-corrected chi connectivity index (χ4v) is 1.78. The van der Waals surface area contributed by atoms with E-state index in [0.29, 0.717) is 13.0 Å². The highest BCUT2D eigenvalue weighted by Gasteiger charge is 2.21. The molecule has 15 heavy (non-hydrogen) atoms. The summed E-state index contributed by atoms with van der Waals surface area (Å²) in [6, 6.07) is 0.149. The van der Waals surface area contributed by atoms with Crippen LogP contribution >= 0.6 is 0 Å². The maximum Gasteiger partial charge on any atom is 0.0905 e. The number of ether oxygens (including phenoxy) is 1. The van der Waals surface area contributed by atoms with Crippen molar-refractivity contribution in [2.75, 3.05) is 32.9 Å². The molecule has 0 amide bonds. The highest BCUT2D eigenvalue weighted by Crippen LogP contribution is 2.08. The van der Waals surface area contributed by atoms with E-state index in [2.05, 4.69) is 4.90 Å². The highest BCUT2D eigenvalue weighted by molar-refractivity contribution is 5.76. The summed E-state index contributed by atoms with van der Waals surface area (Å²) < 4.78 is 5.29. The van der Waals surface area contributed by atoms with Crippen LogP contribution in [0.3, 0.4) is 0 Å². The van der Waals surface area contributed by atoms with Gasteiger partial charge < -0.3 is 15.6 Å². The lowest BCUT2D eigenvalue weighted by atomic mass is 10.2. The van der Waals surface area contributed by atoms with Crippen LogP contribution in [0.15, 0.2) is 0 Å². The number of nitrogens with two attached hydrogens (primary N) is 1. The molecule has 1 heterocycles. The monoisotopic (exact) mass is 215 g/mol. The number of morpholine rings is 1. The van der Waals surface area contributed by atoms with Gasteiger partial charge in [-0.3, -0.25) is 10.3 Å². The lowest BCUT2D eigenvalue weighted by Gasteiger charge is -2.34. The molecule has 5 heteroatoms. The topological polar surface area (TPSA) is 82.6 Å². The molecule has 1 aliphatic heterocycles. The average molecular weight is 215 g/mol. The number of nitrogens with one attached hydrogen (secondary N) is 1. The molecule has 1 saturated heterocycles. The van der Waals surface area contributed by atoms with Gasteiger partial charge in [0.2, 0.25) is 0 Å². The van der Waals surface area contributed by atoms with Gasteiger partial charge in [0.1, 0.15) is 0 Å². The average Bonchev–Trinajstić information content (AvgIpc) is 2.24. The lowest BCUT2D eigenvalue weighted by molar-refractivity contribution is -0.0277. The standard InChI is InChI=1S/C10H21N3O2/c11-10(12)3-1-2-4-13-5-6-15-8-9(13)7-14/h9,14H,1-8H2,(H3,11,12). The molecule has 1 atom stereocenters. The first kappa shape index (κ1) is 12.4. The Kier molecular flexibility index (Phi) is 5.60. The van der Waals surface area contributed by atoms with Crippen LogP contribution in [-0.4, -0.2) is 54.8 Å². The van der Waals surface area contributed by atoms with Crippen LogP contribution < -0.4 is 5.73 Å². The maximum atomic E-state index is 9.13. The van der Waals surface area contributed by atoms with Crippen LogP contribution in [0.1, 0.15) is 19.3 Å². The summed E-state index contributed by atoms with van der Waals surface area (Å²) in [6.45, 7) is 3.40. The van der Waals surface area contributed by atoms with Gasteiger partial charge in [-0.15, -0.1) is 0 Å². The number of unbranched alkanes of at least 4 members (excludes halogenated alkanes) is 1. The molecule has 0 spiro atoms. The molecule has 88 valence electrons. The van der Waals surface area contributed by atoms with Crippen LogP contribution in [0.5, 0.6) is 0 Å². The molecule has 1 rings (SSSR count). The zero-order chi connectivity index (χ0) is 11.1. The normalized spacial score (nSPS) is 22.9. The van der Waals surface area contributed by atoms with E-state index in [4.69, 9.17) is 21.0 Å². The number of amidine groups is 1. The quantitative estimate of drug-likeness (QED) is 0.325. The Bertz CT molecular complexity index is 199. The summed E-state index contributed by atoms with van der Waals surface area (Å²) in [5.74, 6) is 0.260. The van der Waals surface area contributed by atoms with Gasteiger partial charge in [-0.1, -0.05) is 0 Å². The van der Waals surface area contributed by atoms with Crippen molar-refractivity contribution < 1.29 is 9.84 Å². The van der Waals surface area contributed by atoms with Gasteiger partial charge in [-0.25, -0.2) is 0 Å². The third-order valence-electron chi connectivity index (χ3n) is 2.70. The van der Waals surface area contributed by atoms with Crippen LogP contribution in [0, 0.1) is 5.41 Å². The molecule has 0 aromatic heterocycles. The molecule has 0 aromatic carbocycles. The molecular formula is C10H21N3O2. The van der Waals surface area contributed by atoms with Crippen LogP contribution in [0.2, 0.25) is 0 Å². The third kappa shape index (κ3) is 4.59. The molecule has 4 N–H and O–H groups in total. The Morgan fingerprint density at radius 1 is 1.53 bits per heavy atom. The van der Waals surface area contributed by atoms with Gasteiger partial charge in [-0.2, -0.15) is 0 Å². The summed E-state index contributed by atoms with van der Waals surface area (Å²) in [6.07, 6.45) is 2.65. The Balaban J connectivity index is 2.15. The molecule has 0 aliphatic carbocycles. The maximum absolute atomic E-state index is 9.13. The first-order valence-corrected chi connectivity index (χ1v) is 5.49. The Morgan fingerprint density at radius 2 is 2.33 bits per heavy atom. The van der Waals surface area contributed by atoms with E-state index in [1.165, 1.54) is 0 Å². The van der Waals surface area contributed by atoms with Crippen molar-refractivity contribution >= 4 is 5.84 Å². The summed E-state index contributed by atoms with van der Waals surface area (Å²) in [4.78, 5) is 2.25. The minimum absolute atomic E-state index is 0.149. The molecule has 1 unspecified atom stereocenters. The minimum atomic E-state index is 0.149. The fraction of sp³-hybridized carbons (Fsp3) is 0.900. The Labute approximate surface area is 90.7 Å². The van der Waals surface area contributed by atoms with E-state index in [9.17, 15) is 0 Å². The molecule has 0 bridgehead atoms. The van der Waals surface area contributed by atoms with E-state index >= 15 is 0 Å². The summed E-state index contributed by atoms with van der Waals surface area (Å²) in [7, 11) is 0. The number of rotatable bonds is 6. The van der Waals surface area contributed by atoms with E-state index < -0.39 is 0 Å². The molecule has 5 nitrogen and oxygen atoms in total. The van der Waals surface area contributed by atoms with Crippen molar-refractivity contribution in [2.45, 2.75) is 25.3 Å². The Hall–Kier alpha value is -0.650. The zero-order valence-electron chi connectivity index (χ0n) is 9.11. The predicted octanol–water partition coefficient (Wildman–Crippen LogP) is -0.214. The third-order valence-corrected chi connectivity index (χ3v) is 2.70. The second-order valence-electron chi connectivity index (χ2n) is 3.93. The number of aliphatic hydroxyl groups is 1. The second-order valence-corrected chi connectivity index (χ2v) is 3.93. The molecule has 1 fully saturated rings. The fourth-order valence-electron chi connectivity index (χ4n) is 1.78. The van der Waals surface area contributed by atoms with Crippen LogP contribution in [-0.2, 0) is 4.74 Å². The largest absolute Gasteiger partial charge is 0.395 e. The van der Waals surface area contributed by atoms with Crippen molar-refractivity contribution in [3.05, 3.63) is 0 Å².